The zero-order valence-corrected chi connectivity index (χ0v) is 22.0. The molecule has 3 aromatic rings. The maximum absolute atomic E-state index is 13.0. The summed E-state index contributed by atoms with van der Waals surface area (Å²) in [5.74, 6) is 0.871. The molecule has 1 aliphatic rings. The van der Waals surface area contributed by atoms with Crippen molar-refractivity contribution in [1.82, 2.24) is 24.8 Å². The normalized spacial score (nSPS) is 14.1. The van der Waals surface area contributed by atoms with E-state index in [1.807, 2.05) is 18.2 Å². The van der Waals surface area contributed by atoms with Gasteiger partial charge in [0.05, 0.1) is 18.3 Å². The number of anilines is 3. The van der Waals surface area contributed by atoms with Gasteiger partial charge >= 0.3 is 0 Å². The second kappa shape index (κ2) is 12.2. The zero-order chi connectivity index (χ0) is 26.4. The highest BCUT2D eigenvalue weighted by Gasteiger charge is 2.19. The molecule has 12 heteroatoms. The lowest BCUT2D eigenvalue weighted by Gasteiger charge is -2.34. The van der Waals surface area contributed by atoms with Crippen molar-refractivity contribution < 1.29 is 14.3 Å². The van der Waals surface area contributed by atoms with Crippen LogP contribution in [0.5, 0.6) is 5.75 Å². The third-order valence-corrected chi connectivity index (χ3v) is 6.59. The molecule has 37 heavy (non-hydrogen) atoms. The second-order valence-electron chi connectivity index (χ2n) is 8.61. The fraction of sp³-hybridized carbons (Fsp3) is 0.440. The first kappa shape index (κ1) is 26.6. The molecule has 198 valence electrons. The molecule has 2 aromatic heterocycles. The summed E-state index contributed by atoms with van der Waals surface area (Å²) in [7, 11) is 3.08. The molecule has 0 aliphatic carbocycles. The number of amides is 1. The van der Waals surface area contributed by atoms with E-state index in [0.717, 1.165) is 43.8 Å². The summed E-state index contributed by atoms with van der Waals surface area (Å²) in [6.07, 6.45) is 1.60. The Morgan fingerprint density at radius 1 is 1.19 bits per heavy atom. The molecule has 0 atom stereocenters. The van der Waals surface area contributed by atoms with Gasteiger partial charge in [0.2, 0.25) is 5.95 Å². The SMILES string of the molecule is CCN1CCN(c2ncc(Cl)c(Nc3ccc4c(c3)cc(OCC(=O)NC)c(=O)n4CCOC)n2)CC1. The maximum atomic E-state index is 13.0. The highest BCUT2D eigenvalue weighted by atomic mass is 35.5. The number of carbonyl (C=O) groups is 1. The van der Waals surface area contributed by atoms with Crippen LogP contribution in [0.3, 0.4) is 0 Å². The van der Waals surface area contributed by atoms with E-state index in [2.05, 4.69) is 37.3 Å². The smallest absolute Gasteiger partial charge is 0.293 e. The van der Waals surface area contributed by atoms with Crippen molar-refractivity contribution in [1.29, 1.82) is 0 Å². The average Bonchev–Trinajstić information content (AvgIpc) is 2.92. The number of rotatable bonds is 10. The molecule has 2 N–H and O–H groups in total. The molecule has 3 heterocycles. The second-order valence-corrected chi connectivity index (χ2v) is 9.01. The zero-order valence-electron chi connectivity index (χ0n) is 21.3. The van der Waals surface area contributed by atoms with Crippen molar-refractivity contribution in [2.75, 3.05) is 70.3 Å². The Labute approximate surface area is 220 Å². The van der Waals surface area contributed by atoms with E-state index in [0.29, 0.717) is 35.5 Å². The van der Waals surface area contributed by atoms with Crippen molar-refractivity contribution in [3.05, 3.63) is 45.8 Å². The Morgan fingerprint density at radius 3 is 2.68 bits per heavy atom. The number of hydrogen-bond donors (Lipinski definition) is 2. The molecule has 0 spiro atoms. The van der Waals surface area contributed by atoms with Crippen molar-refractivity contribution in [3.63, 3.8) is 0 Å². The number of aromatic nitrogens is 3. The van der Waals surface area contributed by atoms with Crippen molar-refractivity contribution in [3.8, 4) is 5.75 Å². The van der Waals surface area contributed by atoms with Gasteiger partial charge < -0.3 is 34.5 Å². The number of fused-ring (bicyclic) bond motifs is 1. The van der Waals surface area contributed by atoms with E-state index in [1.54, 1.807) is 23.9 Å². The van der Waals surface area contributed by atoms with Gasteiger partial charge in [0.25, 0.3) is 11.5 Å². The van der Waals surface area contributed by atoms with E-state index in [1.165, 1.54) is 7.05 Å². The van der Waals surface area contributed by atoms with Crippen LogP contribution in [0.25, 0.3) is 10.9 Å². The largest absolute Gasteiger partial charge is 0.478 e. The average molecular weight is 530 g/mol. The first-order valence-corrected chi connectivity index (χ1v) is 12.6. The molecule has 1 aromatic carbocycles. The van der Waals surface area contributed by atoms with Gasteiger partial charge in [0.15, 0.2) is 18.2 Å². The number of nitrogens with zero attached hydrogens (tertiary/aromatic N) is 5. The lowest BCUT2D eigenvalue weighted by atomic mass is 10.1. The topological polar surface area (TPSA) is 114 Å². The summed E-state index contributed by atoms with van der Waals surface area (Å²) in [6.45, 7) is 7.24. The van der Waals surface area contributed by atoms with Crippen molar-refractivity contribution in [2.24, 2.45) is 0 Å². The molecule has 4 rings (SSSR count). The van der Waals surface area contributed by atoms with E-state index in [9.17, 15) is 9.59 Å². The molecule has 0 radical (unpaired) electrons. The van der Waals surface area contributed by atoms with Gasteiger partial charge in [-0.25, -0.2) is 4.98 Å². The van der Waals surface area contributed by atoms with Gasteiger partial charge in [-0.3, -0.25) is 9.59 Å². The van der Waals surface area contributed by atoms with Crippen molar-refractivity contribution >= 4 is 45.9 Å². The van der Waals surface area contributed by atoms with Crippen LogP contribution in [-0.2, 0) is 16.1 Å². The molecule has 1 aliphatic heterocycles. The fourth-order valence-corrected chi connectivity index (χ4v) is 4.30. The number of ether oxygens (including phenoxy) is 2. The molecule has 0 saturated carbocycles. The molecule has 1 fully saturated rings. The lowest BCUT2D eigenvalue weighted by Crippen LogP contribution is -2.46. The van der Waals surface area contributed by atoms with Crippen LogP contribution >= 0.6 is 11.6 Å². The summed E-state index contributed by atoms with van der Waals surface area (Å²) in [6, 6.07) is 7.21. The van der Waals surface area contributed by atoms with Crippen LogP contribution in [0, 0.1) is 0 Å². The van der Waals surface area contributed by atoms with Gasteiger partial charge in [0.1, 0.15) is 5.02 Å². The Balaban J connectivity index is 1.63. The van der Waals surface area contributed by atoms with E-state index >= 15 is 0 Å². The predicted molar refractivity (Wildman–Crippen MR) is 144 cm³/mol. The number of likely N-dealkylation sites (N-methyl/N-ethyl adjacent to an activating group) is 2. The number of halogens is 1. The summed E-state index contributed by atoms with van der Waals surface area (Å²) in [4.78, 5) is 38.4. The summed E-state index contributed by atoms with van der Waals surface area (Å²) < 4.78 is 12.3. The van der Waals surface area contributed by atoms with Gasteiger partial charge in [-0.05, 0) is 30.8 Å². The number of methoxy groups -OCH3 is 1. The predicted octanol–water partition coefficient (Wildman–Crippen LogP) is 2.10. The minimum absolute atomic E-state index is 0.0814. The molecule has 1 amide bonds. The highest BCUT2D eigenvalue weighted by Crippen LogP contribution is 2.28. The van der Waals surface area contributed by atoms with Gasteiger partial charge in [-0.1, -0.05) is 18.5 Å². The first-order valence-electron chi connectivity index (χ1n) is 12.2. The first-order chi connectivity index (χ1) is 17.9. The van der Waals surface area contributed by atoms with Crippen LogP contribution in [-0.4, -0.2) is 85.4 Å². The Hall–Kier alpha value is -3.41. The van der Waals surface area contributed by atoms with Crippen LogP contribution < -0.4 is 25.8 Å². The number of benzene rings is 1. The molecule has 0 bridgehead atoms. The van der Waals surface area contributed by atoms with Crippen LogP contribution in [0.2, 0.25) is 5.02 Å². The number of piperazine rings is 1. The molecular formula is C25H32ClN7O4. The number of hydrogen-bond acceptors (Lipinski definition) is 9. The summed E-state index contributed by atoms with van der Waals surface area (Å²) in [5, 5.41) is 6.91. The quantitative estimate of drug-likeness (QED) is 0.407. The third-order valence-electron chi connectivity index (χ3n) is 6.31. The maximum Gasteiger partial charge on any atom is 0.293 e. The van der Waals surface area contributed by atoms with Crippen LogP contribution in [0.15, 0.2) is 35.3 Å². The lowest BCUT2D eigenvalue weighted by molar-refractivity contribution is -0.122. The minimum Gasteiger partial charge on any atom is -0.478 e. The molecular weight excluding hydrogens is 498 g/mol. The van der Waals surface area contributed by atoms with Gasteiger partial charge in [-0.2, -0.15) is 4.98 Å². The summed E-state index contributed by atoms with van der Waals surface area (Å²) >= 11 is 6.43. The number of pyridine rings is 1. The van der Waals surface area contributed by atoms with Gasteiger partial charge in [-0.15, -0.1) is 0 Å². The van der Waals surface area contributed by atoms with E-state index < -0.39 is 0 Å². The van der Waals surface area contributed by atoms with Crippen molar-refractivity contribution in [2.45, 2.75) is 13.5 Å². The number of nitrogens with one attached hydrogen (secondary N) is 2. The highest BCUT2D eigenvalue weighted by molar-refractivity contribution is 6.32. The number of carbonyl (C=O) groups excluding carboxylic acids is 1. The van der Waals surface area contributed by atoms with Crippen LogP contribution in [0.1, 0.15) is 6.92 Å². The monoisotopic (exact) mass is 529 g/mol. The third kappa shape index (κ3) is 6.30. The fourth-order valence-electron chi connectivity index (χ4n) is 4.16. The molecule has 0 unspecified atom stereocenters. The standard InChI is InChI=1S/C25H32ClN7O4/c1-4-31-7-9-32(10-8-31)25-28-15-19(26)23(30-25)29-18-5-6-20-17(13-18)14-21(37-16-22(34)27-2)24(35)33(20)11-12-36-3/h5-6,13-15H,4,7-12,16H2,1-3H3,(H,27,34)(H,28,29,30). The summed E-state index contributed by atoms with van der Waals surface area (Å²) in [5.41, 5.74) is 1.10. The Bertz CT molecular complexity index is 1310. The molecule has 11 nitrogen and oxygen atoms in total. The van der Waals surface area contributed by atoms with Crippen LogP contribution in [0.4, 0.5) is 17.5 Å². The van der Waals surface area contributed by atoms with E-state index in [-0.39, 0.29) is 23.8 Å². The Kier molecular flexibility index (Phi) is 8.80. The van der Waals surface area contributed by atoms with Gasteiger partial charge in [0, 0.05) is 58.0 Å². The van der Waals surface area contributed by atoms with E-state index in [4.69, 9.17) is 21.1 Å². The minimum atomic E-state index is -0.333. The Morgan fingerprint density at radius 2 is 1.97 bits per heavy atom. The molecule has 1 saturated heterocycles.